The molecule has 5 nitrogen and oxygen atoms in total. The number of methoxy groups -OCH3 is 2. The molecular formula is C15H24IN3O2. The number of hydrogen-bond donors (Lipinski definition) is 2. The Hall–Kier alpha value is -1.18. The lowest BCUT2D eigenvalue weighted by Crippen LogP contribution is -2.37. The van der Waals surface area contributed by atoms with Crippen LogP contribution in [0.15, 0.2) is 23.2 Å². The van der Waals surface area contributed by atoms with Gasteiger partial charge < -0.3 is 20.1 Å². The Labute approximate surface area is 143 Å². The third-order valence-electron chi connectivity index (χ3n) is 3.42. The van der Waals surface area contributed by atoms with Crippen LogP contribution in [0.3, 0.4) is 0 Å². The van der Waals surface area contributed by atoms with E-state index in [1.54, 1.807) is 21.3 Å². The molecule has 1 aliphatic carbocycles. The number of nitrogens with one attached hydrogen (secondary N) is 2. The molecule has 1 saturated carbocycles. The van der Waals surface area contributed by atoms with E-state index in [4.69, 9.17) is 9.47 Å². The summed E-state index contributed by atoms with van der Waals surface area (Å²) in [5, 5.41) is 6.63. The Morgan fingerprint density at radius 2 is 2.00 bits per heavy atom. The summed E-state index contributed by atoms with van der Waals surface area (Å²) in [7, 11) is 5.10. The van der Waals surface area contributed by atoms with Crippen LogP contribution in [0.5, 0.6) is 11.5 Å². The Balaban J connectivity index is 0.00000220. The SMILES string of the molecule is CN=C(NCc1ccc(OC)cc1OC)NCC1CC1.I. The zero-order chi connectivity index (χ0) is 14.4. The highest BCUT2D eigenvalue weighted by molar-refractivity contribution is 14.0. The quantitative estimate of drug-likeness (QED) is 0.434. The summed E-state index contributed by atoms with van der Waals surface area (Å²) < 4.78 is 10.6. The largest absolute Gasteiger partial charge is 0.497 e. The molecule has 1 aromatic rings. The molecule has 0 spiro atoms. The summed E-state index contributed by atoms with van der Waals surface area (Å²) in [6.45, 7) is 1.66. The van der Waals surface area contributed by atoms with Gasteiger partial charge in [0.15, 0.2) is 5.96 Å². The summed E-state index contributed by atoms with van der Waals surface area (Å²) in [5.74, 6) is 3.26. The second-order valence-corrected chi connectivity index (χ2v) is 4.93. The zero-order valence-electron chi connectivity index (χ0n) is 12.8. The van der Waals surface area contributed by atoms with Gasteiger partial charge in [-0.05, 0) is 30.9 Å². The van der Waals surface area contributed by atoms with Crippen molar-refractivity contribution in [1.29, 1.82) is 0 Å². The van der Waals surface area contributed by atoms with E-state index >= 15 is 0 Å². The number of nitrogens with zero attached hydrogens (tertiary/aromatic N) is 1. The molecule has 0 saturated heterocycles. The molecule has 0 radical (unpaired) electrons. The molecule has 0 amide bonds. The van der Waals surface area contributed by atoms with E-state index in [0.29, 0.717) is 6.54 Å². The van der Waals surface area contributed by atoms with E-state index in [1.165, 1.54) is 12.8 Å². The summed E-state index contributed by atoms with van der Waals surface area (Å²) in [6, 6.07) is 5.82. The smallest absolute Gasteiger partial charge is 0.191 e. The van der Waals surface area contributed by atoms with E-state index in [0.717, 1.165) is 35.5 Å². The lowest BCUT2D eigenvalue weighted by molar-refractivity contribution is 0.390. The zero-order valence-corrected chi connectivity index (χ0v) is 15.1. The van der Waals surface area contributed by atoms with Gasteiger partial charge in [-0.15, -0.1) is 24.0 Å². The molecule has 118 valence electrons. The molecule has 0 unspecified atom stereocenters. The van der Waals surface area contributed by atoms with Gasteiger partial charge >= 0.3 is 0 Å². The first-order valence-corrected chi connectivity index (χ1v) is 6.92. The highest BCUT2D eigenvalue weighted by atomic mass is 127. The maximum atomic E-state index is 5.38. The van der Waals surface area contributed by atoms with E-state index in [-0.39, 0.29) is 24.0 Å². The maximum Gasteiger partial charge on any atom is 0.191 e. The van der Waals surface area contributed by atoms with Gasteiger partial charge in [0.25, 0.3) is 0 Å². The molecule has 0 heterocycles. The van der Waals surface area contributed by atoms with Crippen molar-refractivity contribution in [3.8, 4) is 11.5 Å². The minimum atomic E-state index is 0. The topological polar surface area (TPSA) is 54.9 Å². The van der Waals surface area contributed by atoms with Gasteiger partial charge in [0, 0.05) is 31.8 Å². The number of halogens is 1. The van der Waals surface area contributed by atoms with Gasteiger partial charge in [-0.3, -0.25) is 4.99 Å². The van der Waals surface area contributed by atoms with Crippen LogP contribution in [0.25, 0.3) is 0 Å². The van der Waals surface area contributed by atoms with Crippen molar-refractivity contribution in [2.75, 3.05) is 27.8 Å². The summed E-state index contributed by atoms with van der Waals surface area (Å²) in [4.78, 5) is 4.22. The van der Waals surface area contributed by atoms with Crippen LogP contribution >= 0.6 is 24.0 Å². The number of rotatable bonds is 6. The van der Waals surface area contributed by atoms with Gasteiger partial charge in [0.2, 0.25) is 0 Å². The van der Waals surface area contributed by atoms with Crippen LogP contribution in [0.2, 0.25) is 0 Å². The first-order chi connectivity index (χ1) is 9.76. The van der Waals surface area contributed by atoms with Crippen LogP contribution in [0, 0.1) is 5.92 Å². The van der Waals surface area contributed by atoms with Crippen LogP contribution in [-0.4, -0.2) is 33.8 Å². The fourth-order valence-electron chi connectivity index (χ4n) is 1.96. The van der Waals surface area contributed by atoms with Crippen molar-refractivity contribution >= 4 is 29.9 Å². The Kier molecular flexibility index (Phi) is 7.63. The molecule has 0 atom stereocenters. The molecule has 1 aromatic carbocycles. The Morgan fingerprint density at radius 1 is 1.24 bits per heavy atom. The average molecular weight is 405 g/mol. The monoisotopic (exact) mass is 405 g/mol. The van der Waals surface area contributed by atoms with Crippen molar-refractivity contribution in [3.63, 3.8) is 0 Å². The van der Waals surface area contributed by atoms with Crippen LogP contribution in [0.1, 0.15) is 18.4 Å². The molecule has 1 fully saturated rings. The second kappa shape index (κ2) is 8.96. The van der Waals surface area contributed by atoms with E-state index in [9.17, 15) is 0 Å². The molecule has 0 aliphatic heterocycles. The standard InChI is InChI=1S/C15H23N3O2.HI/c1-16-15(17-9-11-4-5-11)18-10-12-6-7-13(19-2)8-14(12)20-3;/h6-8,11H,4-5,9-10H2,1-3H3,(H2,16,17,18);1H. The predicted octanol–water partition coefficient (Wildman–Crippen LogP) is 2.40. The molecule has 0 bridgehead atoms. The summed E-state index contributed by atoms with van der Waals surface area (Å²) in [6.07, 6.45) is 2.66. The van der Waals surface area contributed by atoms with E-state index in [2.05, 4.69) is 15.6 Å². The van der Waals surface area contributed by atoms with Crippen molar-refractivity contribution in [3.05, 3.63) is 23.8 Å². The normalized spacial score (nSPS) is 14.1. The molecule has 2 rings (SSSR count). The number of aliphatic imine (C=N–C) groups is 1. The maximum absolute atomic E-state index is 5.38. The molecule has 0 aromatic heterocycles. The molecule has 21 heavy (non-hydrogen) atoms. The first kappa shape index (κ1) is 17.9. The highest BCUT2D eigenvalue weighted by Crippen LogP contribution is 2.27. The lowest BCUT2D eigenvalue weighted by Gasteiger charge is -2.14. The van der Waals surface area contributed by atoms with Gasteiger partial charge in [-0.25, -0.2) is 0 Å². The number of benzene rings is 1. The minimum absolute atomic E-state index is 0. The van der Waals surface area contributed by atoms with Gasteiger partial charge in [-0.2, -0.15) is 0 Å². The van der Waals surface area contributed by atoms with Crippen LogP contribution < -0.4 is 20.1 Å². The Morgan fingerprint density at radius 3 is 2.57 bits per heavy atom. The number of ether oxygens (including phenoxy) is 2. The fraction of sp³-hybridized carbons (Fsp3) is 0.533. The van der Waals surface area contributed by atoms with Gasteiger partial charge in [0.1, 0.15) is 11.5 Å². The summed E-state index contributed by atoms with van der Waals surface area (Å²) in [5.41, 5.74) is 1.07. The third-order valence-corrected chi connectivity index (χ3v) is 3.42. The lowest BCUT2D eigenvalue weighted by atomic mass is 10.2. The fourth-order valence-corrected chi connectivity index (χ4v) is 1.96. The second-order valence-electron chi connectivity index (χ2n) is 4.93. The summed E-state index contributed by atoms with van der Waals surface area (Å²) >= 11 is 0. The van der Waals surface area contributed by atoms with Crippen LogP contribution in [-0.2, 0) is 6.54 Å². The van der Waals surface area contributed by atoms with Crippen molar-refractivity contribution in [1.82, 2.24) is 10.6 Å². The molecule has 6 heteroatoms. The molecule has 1 aliphatic rings. The van der Waals surface area contributed by atoms with Gasteiger partial charge in [0.05, 0.1) is 14.2 Å². The molecular weight excluding hydrogens is 381 g/mol. The van der Waals surface area contributed by atoms with E-state index < -0.39 is 0 Å². The molecule has 2 N–H and O–H groups in total. The first-order valence-electron chi connectivity index (χ1n) is 6.92. The van der Waals surface area contributed by atoms with Crippen molar-refractivity contribution in [2.45, 2.75) is 19.4 Å². The van der Waals surface area contributed by atoms with Crippen molar-refractivity contribution < 1.29 is 9.47 Å². The number of guanidine groups is 1. The number of hydrogen-bond acceptors (Lipinski definition) is 3. The third kappa shape index (κ3) is 5.61. The van der Waals surface area contributed by atoms with Crippen LogP contribution in [0.4, 0.5) is 0 Å². The van der Waals surface area contributed by atoms with Gasteiger partial charge in [-0.1, -0.05) is 0 Å². The highest BCUT2D eigenvalue weighted by Gasteiger charge is 2.21. The van der Waals surface area contributed by atoms with Crippen molar-refractivity contribution in [2.24, 2.45) is 10.9 Å². The van der Waals surface area contributed by atoms with E-state index in [1.807, 2.05) is 18.2 Å². The Bertz CT molecular complexity index is 476. The average Bonchev–Trinajstić information content (AvgIpc) is 3.31. The minimum Gasteiger partial charge on any atom is -0.497 e. The predicted molar refractivity (Wildman–Crippen MR) is 95.9 cm³/mol.